The number of rotatable bonds is 10. The average Bonchev–Trinajstić information content (AvgIpc) is 3.06. The number of phenols is 1. The smallest absolute Gasteiger partial charge is 0.320 e. The molecule has 0 saturated carbocycles. The number of fused-ring (bicyclic) bond motifs is 1. The van der Waals surface area contributed by atoms with Crippen molar-refractivity contribution in [1.82, 2.24) is 4.98 Å². The van der Waals surface area contributed by atoms with Gasteiger partial charge < -0.3 is 42.6 Å². The number of hydrogen-bond acceptors (Lipinski definition) is 7. The lowest BCUT2D eigenvalue weighted by molar-refractivity contribution is -0.140. The number of aromatic nitrogens is 1. The number of hydrogen-bond donors (Lipinski definition) is 8. The summed E-state index contributed by atoms with van der Waals surface area (Å²) in [6.07, 6.45) is 2.64. The first kappa shape index (κ1) is 24.9. The molecule has 0 saturated heterocycles. The number of nitrogens with one attached hydrogen (secondary N) is 1. The minimum Gasteiger partial charge on any atom is -0.508 e. The molecule has 2 aromatic rings. The first-order valence-electron chi connectivity index (χ1n) is 9.27. The van der Waals surface area contributed by atoms with Crippen LogP contribution in [-0.4, -0.2) is 55.9 Å². The van der Waals surface area contributed by atoms with Crippen molar-refractivity contribution in [2.45, 2.75) is 44.2 Å². The maximum Gasteiger partial charge on any atom is 0.320 e. The molecular formula is C19H28N4O7. The van der Waals surface area contributed by atoms with Gasteiger partial charge in [0.25, 0.3) is 0 Å². The van der Waals surface area contributed by atoms with E-state index in [1.165, 1.54) is 0 Å². The predicted octanol–water partition coefficient (Wildman–Crippen LogP) is 0.502. The van der Waals surface area contributed by atoms with Crippen LogP contribution < -0.4 is 17.2 Å². The Labute approximate surface area is 172 Å². The van der Waals surface area contributed by atoms with E-state index in [1.54, 1.807) is 12.1 Å². The summed E-state index contributed by atoms with van der Waals surface area (Å²) in [5.74, 6) is -2.96. The van der Waals surface area contributed by atoms with E-state index in [-0.39, 0.29) is 25.0 Å². The Bertz CT molecular complexity index is 881. The van der Waals surface area contributed by atoms with Crippen LogP contribution in [0.4, 0.5) is 0 Å². The van der Waals surface area contributed by atoms with E-state index in [0.29, 0.717) is 19.4 Å². The van der Waals surface area contributed by atoms with Crippen molar-refractivity contribution in [3.63, 3.8) is 0 Å². The number of nitrogens with two attached hydrogens (primary N) is 3. The number of aromatic hydroxyl groups is 1. The molecule has 11 nitrogen and oxygen atoms in total. The number of phenolic OH excluding ortho intramolecular Hbond substituents is 1. The van der Waals surface area contributed by atoms with Crippen molar-refractivity contribution < 1.29 is 34.8 Å². The summed E-state index contributed by atoms with van der Waals surface area (Å²) in [4.78, 5) is 33.6. The molecule has 11 heteroatoms. The minimum atomic E-state index is -1.17. The van der Waals surface area contributed by atoms with Crippen LogP contribution >= 0.6 is 0 Å². The summed E-state index contributed by atoms with van der Waals surface area (Å²) in [5, 5.41) is 35.7. The molecule has 1 aromatic carbocycles. The van der Waals surface area contributed by atoms with Gasteiger partial charge in [-0.1, -0.05) is 0 Å². The van der Waals surface area contributed by atoms with Crippen molar-refractivity contribution in [1.29, 1.82) is 0 Å². The molecule has 0 bridgehead atoms. The third-order valence-corrected chi connectivity index (χ3v) is 4.36. The van der Waals surface area contributed by atoms with Gasteiger partial charge >= 0.3 is 17.9 Å². The van der Waals surface area contributed by atoms with Crippen LogP contribution in [0.15, 0.2) is 18.3 Å². The average molecular weight is 424 g/mol. The van der Waals surface area contributed by atoms with Gasteiger partial charge in [-0.15, -0.1) is 0 Å². The standard InChI is InChI=1S/C14H19N3O3.C5H9NO4/c15-4-3-8-7-17-14-10(8)5-9(18)6-11(14)12(16)1-2-13(19)20;6-3(5(9)10)1-2-4(7)8/h5-7,12,17-18H,1-4,15-16H2,(H,19,20);3H,1-2,6H2,(H,7,8)(H,9,10)/t;3-/m.0/s1. The second-order valence-corrected chi connectivity index (χ2v) is 6.73. The van der Waals surface area contributed by atoms with E-state index < -0.39 is 30.0 Å². The van der Waals surface area contributed by atoms with Crippen molar-refractivity contribution in [3.05, 3.63) is 29.5 Å². The number of carboxylic acids is 3. The molecule has 1 aromatic heterocycles. The summed E-state index contributed by atoms with van der Waals surface area (Å²) in [7, 11) is 0. The Morgan fingerprint density at radius 1 is 1.00 bits per heavy atom. The van der Waals surface area contributed by atoms with Crippen LogP contribution in [0.3, 0.4) is 0 Å². The van der Waals surface area contributed by atoms with Crippen LogP contribution in [0.5, 0.6) is 5.75 Å². The normalized spacial score (nSPS) is 12.6. The summed E-state index contributed by atoms with van der Waals surface area (Å²) < 4.78 is 0. The third kappa shape index (κ3) is 7.70. The topological polar surface area (TPSA) is 226 Å². The zero-order valence-corrected chi connectivity index (χ0v) is 16.4. The summed E-state index contributed by atoms with van der Waals surface area (Å²) in [5.41, 5.74) is 19.2. The fraction of sp³-hybridized carbons (Fsp3) is 0.421. The summed E-state index contributed by atoms with van der Waals surface area (Å²) >= 11 is 0. The Balaban J connectivity index is 0.000000382. The zero-order valence-electron chi connectivity index (χ0n) is 16.4. The maximum absolute atomic E-state index is 10.6. The Hall–Kier alpha value is -3.15. The fourth-order valence-corrected chi connectivity index (χ4v) is 2.79. The van der Waals surface area contributed by atoms with Crippen molar-refractivity contribution in [3.8, 4) is 5.75 Å². The van der Waals surface area contributed by atoms with Crippen LogP contribution in [0.1, 0.15) is 42.9 Å². The van der Waals surface area contributed by atoms with Crippen LogP contribution in [-0.2, 0) is 20.8 Å². The molecule has 166 valence electrons. The lowest BCUT2D eigenvalue weighted by Gasteiger charge is -2.13. The second kappa shape index (κ2) is 11.8. The van der Waals surface area contributed by atoms with E-state index in [0.717, 1.165) is 22.0 Å². The third-order valence-electron chi connectivity index (χ3n) is 4.36. The highest BCUT2D eigenvalue weighted by molar-refractivity contribution is 5.88. The highest BCUT2D eigenvalue weighted by Crippen LogP contribution is 2.31. The Kier molecular flexibility index (Phi) is 9.75. The van der Waals surface area contributed by atoms with E-state index in [2.05, 4.69) is 4.98 Å². The van der Waals surface area contributed by atoms with E-state index in [9.17, 15) is 19.5 Å². The molecule has 2 atom stereocenters. The molecule has 1 heterocycles. The molecular weight excluding hydrogens is 396 g/mol. The number of aromatic amines is 1. The number of carboxylic acid groups (broad SMARTS) is 3. The SMILES string of the molecule is NCCc1c[nH]c2c(C(N)CCC(=O)O)cc(O)cc12.N[C@@H](CCC(=O)O)C(=O)O. The molecule has 0 spiro atoms. The molecule has 0 amide bonds. The van der Waals surface area contributed by atoms with Gasteiger partial charge in [0, 0.05) is 30.5 Å². The summed E-state index contributed by atoms with van der Waals surface area (Å²) in [6, 6.07) is 1.75. The number of benzene rings is 1. The number of carbonyl (C=O) groups is 3. The lowest BCUT2D eigenvalue weighted by atomic mass is 9.98. The quantitative estimate of drug-likeness (QED) is 0.263. The molecule has 11 N–H and O–H groups in total. The van der Waals surface area contributed by atoms with Gasteiger partial charge in [0.2, 0.25) is 0 Å². The van der Waals surface area contributed by atoms with Gasteiger partial charge in [-0.2, -0.15) is 0 Å². The highest BCUT2D eigenvalue weighted by atomic mass is 16.4. The number of H-pyrrole nitrogens is 1. The van der Waals surface area contributed by atoms with Crippen molar-refractivity contribution >= 4 is 28.8 Å². The van der Waals surface area contributed by atoms with E-state index >= 15 is 0 Å². The van der Waals surface area contributed by atoms with E-state index in [4.69, 9.17) is 32.5 Å². The molecule has 0 radical (unpaired) electrons. The first-order valence-corrected chi connectivity index (χ1v) is 9.27. The van der Waals surface area contributed by atoms with E-state index in [1.807, 2.05) is 6.20 Å². The largest absolute Gasteiger partial charge is 0.508 e. The van der Waals surface area contributed by atoms with Gasteiger partial charge in [0.05, 0.1) is 5.52 Å². The van der Waals surface area contributed by atoms with Crippen LogP contribution in [0, 0.1) is 0 Å². The van der Waals surface area contributed by atoms with Gasteiger partial charge in [-0.25, -0.2) is 0 Å². The van der Waals surface area contributed by atoms with Crippen LogP contribution in [0.25, 0.3) is 10.9 Å². The van der Waals surface area contributed by atoms with Crippen LogP contribution in [0.2, 0.25) is 0 Å². The molecule has 0 fully saturated rings. The van der Waals surface area contributed by atoms with Crippen molar-refractivity contribution in [2.75, 3.05) is 6.54 Å². The summed E-state index contributed by atoms with van der Waals surface area (Å²) in [6.45, 7) is 0.517. The van der Waals surface area contributed by atoms with Gasteiger partial charge in [-0.3, -0.25) is 14.4 Å². The zero-order chi connectivity index (χ0) is 22.8. The van der Waals surface area contributed by atoms with Gasteiger partial charge in [0.15, 0.2) is 0 Å². The second-order valence-electron chi connectivity index (χ2n) is 6.73. The Morgan fingerprint density at radius 2 is 1.60 bits per heavy atom. The van der Waals surface area contributed by atoms with Gasteiger partial charge in [-0.05, 0) is 49.1 Å². The number of aliphatic carboxylic acids is 3. The molecule has 30 heavy (non-hydrogen) atoms. The minimum absolute atomic E-state index is 0.00528. The molecule has 0 aliphatic heterocycles. The molecule has 1 unspecified atom stereocenters. The predicted molar refractivity (Wildman–Crippen MR) is 109 cm³/mol. The molecule has 2 rings (SSSR count). The van der Waals surface area contributed by atoms with Gasteiger partial charge in [0.1, 0.15) is 11.8 Å². The molecule has 0 aliphatic carbocycles. The van der Waals surface area contributed by atoms with Crippen molar-refractivity contribution in [2.24, 2.45) is 17.2 Å². The Morgan fingerprint density at radius 3 is 2.13 bits per heavy atom. The monoisotopic (exact) mass is 424 g/mol. The fourth-order valence-electron chi connectivity index (χ4n) is 2.79. The lowest BCUT2D eigenvalue weighted by Crippen LogP contribution is -2.30. The molecule has 0 aliphatic rings. The highest BCUT2D eigenvalue weighted by Gasteiger charge is 2.16. The first-order chi connectivity index (χ1) is 14.1. The maximum atomic E-state index is 10.6.